The van der Waals surface area contributed by atoms with E-state index in [0.717, 1.165) is 31.4 Å². The molecule has 3 atom stereocenters. The van der Waals surface area contributed by atoms with Crippen LogP contribution in [0.3, 0.4) is 0 Å². The highest BCUT2D eigenvalue weighted by Gasteiger charge is 2.31. The second-order valence-electron chi connectivity index (χ2n) is 10.4. The van der Waals surface area contributed by atoms with Crippen molar-refractivity contribution in [3.8, 4) is 5.75 Å². The van der Waals surface area contributed by atoms with Crippen LogP contribution in [0.4, 0.5) is 10.1 Å². The number of amides is 1. The van der Waals surface area contributed by atoms with Crippen molar-refractivity contribution >= 4 is 21.6 Å². The number of hydrogen-bond acceptors (Lipinski definition) is 6. The summed E-state index contributed by atoms with van der Waals surface area (Å²) < 4.78 is 53.3. The lowest BCUT2D eigenvalue weighted by Gasteiger charge is -2.35. The molecule has 1 heterocycles. The first-order chi connectivity index (χ1) is 17.9. The molecule has 2 aromatic rings. The molecule has 0 radical (unpaired) electrons. The van der Waals surface area contributed by atoms with Crippen LogP contribution in [0.2, 0.25) is 0 Å². The average molecular weight is 550 g/mol. The molecule has 10 heteroatoms. The van der Waals surface area contributed by atoms with Gasteiger partial charge in [-0.1, -0.05) is 6.92 Å². The molecule has 0 fully saturated rings. The first-order valence-electron chi connectivity index (χ1n) is 13.1. The Morgan fingerprint density at radius 1 is 1.13 bits per heavy atom. The Balaban J connectivity index is 1.90. The van der Waals surface area contributed by atoms with Gasteiger partial charge >= 0.3 is 0 Å². The van der Waals surface area contributed by atoms with Gasteiger partial charge in [0, 0.05) is 44.4 Å². The van der Waals surface area contributed by atoms with E-state index in [4.69, 9.17) is 15.2 Å². The number of ether oxygens (including phenoxy) is 2. The largest absolute Gasteiger partial charge is 0.490 e. The van der Waals surface area contributed by atoms with Crippen molar-refractivity contribution in [1.82, 2.24) is 9.21 Å². The van der Waals surface area contributed by atoms with Gasteiger partial charge in [-0.3, -0.25) is 4.79 Å². The first kappa shape index (κ1) is 29.9. The topological polar surface area (TPSA) is 102 Å². The van der Waals surface area contributed by atoms with Gasteiger partial charge in [0.25, 0.3) is 5.91 Å². The summed E-state index contributed by atoms with van der Waals surface area (Å²) in [6.45, 7) is 8.68. The molecule has 0 unspecified atom stereocenters. The van der Waals surface area contributed by atoms with Crippen molar-refractivity contribution in [3.63, 3.8) is 0 Å². The summed E-state index contributed by atoms with van der Waals surface area (Å²) in [5.74, 6) is -0.398. The number of fused-ring (bicyclic) bond motifs is 1. The number of nitrogens with zero attached hydrogens (tertiary/aromatic N) is 2. The second kappa shape index (κ2) is 12.9. The van der Waals surface area contributed by atoms with E-state index in [0.29, 0.717) is 30.2 Å². The van der Waals surface area contributed by atoms with Crippen LogP contribution in [0.1, 0.15) is 57.3 Å². The van der Waals surface area contributed by atoms with Crippen LogP contribution in [0, 0.1) is 11.7 Å². The van der Waals surface area contributed by atoms with E-state index in [-0.39, 0.29) is 35.4 Å². The highest BCUT2D eigenvalue weighted by atomic mass is 32.2. The molecule has 2 N–H and O–H groups in total. The van der Waals surface area contributed by atoms with Crippen molar-refractivity contribution < 1.29 is 27.1 Å². The number of halogens is 1. The maximum absolute atomic E-state index is 13.8. The van der Waals surface area contributed by atoms with Crippen LogP contribution in [0.5, 0.6) is 5.75 Å². The number of likely N-dealkylation sites (N-methyl/N-ethyl adjacent to an activating group) is 1. The van der Waals surface area contributed by atoms with E-state index in [1.165, 1.54) is 23.5 Å². The van der Waals surface area contributed by atoms with Crippen LogP contribution >= 0.6 is 0 Å². The zero-order chi connectivity index (χ0) is 28.0. The van der Waals surface area contributed by atoms with Crippen LogP contribution < -0.4 is 10.5 Å². The van der Waals surface area contributed by atoms with Crippen molar-refractivity contribution in [1.29, 1.82) is 0 Å². The van der Waals surface area contributed by atoms with Crippen LogP contribution in [0.15, 0.2) is 47.4 Å². The van der Waals surface area contributed by atoms with Gasteiger partial charge in [0.2, 0.25) is 10.0 Å². The standard InChI is InChI=1S/C28H40FN3O5S/c1-19(2)32-17-20(3)27(18-31(5)38(34,35)24-12-9-22(29)10-13-24)36-15-7-6-8-21(4)37-26-14-11-23(30)16-25(26)28(32)33/h9-14,16,19-21,27H,6-8,15,17-18,30H2,1-5H3/t20-,21+,27+/m1/s1. The Bertz CT molecular complexity index is 1190. The molecular weight excluding hydrogens is 509 g/mol. The fourth-order valence-corrected chi connectivity index (χ4v) is 5.69. The smallest absolute Gasteiger partial charge is 0.257 e. The molecule has 1 amide bonds. The fourth-order valence-electron chi connectivity index (χ4n) is 4.51. The number of hydrogen-bond donors (Lipinski definition) is 1. The van der Waals surface area contributed by atoms with Gasteiger partial charge in [-0.05, 0) is 82.5 Å². The SMILES string of the molecule is CC(C)N1C[C@@H](C)[C@H](CN(C)S(=O)(=O)c2ccc(F)cc2)OCCCC[C@H](C)Oc2ccc(N)cc2C1=O. The van der Waals surface area contributed by atoms with E-state index in [1.807, 2.05) is 27.7 Å². The minimum absolute atomic E-state index is 0.0112. The monoisotopic (exact) mass is 549 g/mol. The molecular formula is C28H40FN3O5S. The van der Waals surface area contributed by atoms with Gasteiger partial charge in [-0.2, -0.15) is 4.31 Å². The summed E-state index contributed by atoms with van der Waals surface area (Å²) in [6.07, 6.45) is 1.83. The van der Waals surface area contributed by atoms with Gasteiger partial charge in [-0.15, -0.1) is 0 Å². The number of benzene rings is 2. The van der Waals surface area contributed by atoms with Gasteiger partial charge in [0.05, 0.1) is 22.7 Å². The molecule has 1 aliphatic rings. The van der Waals surface area contributed by atoms with E-state index in [9.17, 15) is 17.6 Å². The molecule has 0 aliphatic carbocycles. The summed E-state index contributed by atoms with van der Waals surface area (Å²) in [6, 6.07) is 9.75. The summed E-state index contributed by atoms with van der Waals surface area (Å²) in [5, 5.41) is 0. The van der Waals surface area contributed by atoms with Gasteiger partial charge in [-0.25, -0.2) is 12.8 Å². The molecule has 1 aliphatic heterocycles. The Kier molecular flexibility index (Phi) is 10.1. The highest BCUT2D eigenvalue weighted by molar-refractivity contribution is 7.89. The van der Waals surface area contributed by atoms with E-state index < -0.39 is 21.9 Å². The first-order valence-corrected chi connectivity index (χ1v) is 14.5. The van der Waals surface area contributed by atoms with E-state index in [1.54, 1.807) is 23.1 Å². The third kappa shape index (κ3) is 7.45. The molecule has 0 bridgehead atoms. The predicted molar refractivity (Wildman–Crippen MR) is 146 cm³/mol. The third-order valence-electron chi connectivity index (χ3n) is 6.86. The van der Waals surface area contributed by atoms with E-state index >= 15 is 0 Å². The minimum atomic E-state index is -3.86. The molecule has 0 aromatic heterocycles. The number of nitrogen functional groups attached to an aromatic ring is 1. The minimum Gasteiger partial charge on any atom is -0.490 e. The van der Waals surface area contributed by atoms with Gasteiger partial charge in [0.1, 0.15) is 11.6 Å². The van der Waals surface area contributed by atoms with Crippen molar-refractivity contribution in [2.75, 3.05) is 32.5 Å². The molecule has 38 heavy (non-hydrogen) atoms. The van der Waals surface area contributed by atoms with Crippen molar-refractivity contribution in [2.45, 2.75) is 70.1 Å². The lowest BCUT2D eigenvalue weighted by molar-refractivity contribution is -0.00544. The number of anilines is 1. The van der Waals surface area contributed by atoms with Gasteiger partial charge < -0.3 is 20.1 Å². The maximum Gasteiger partial charge on any atom is 0.257 e. The van der Waals surface area contributed by atoms with Crippen molar-refractivity contribution in [2.24, 2.45) is 5.92 Å². The Hall–Kier alpha value is -2.69. The predicted octanol–water partition coefficient (Wildman–Crippen LogP) is 4.55. The summed E-state index contributed by atoms with van der Waals surface area (Å²) >= 11 is 0. The molecule has 3 rings (SSSR count). The molecule has 2 aromatic carbocycles. The normalized spacial score (nSPS) is 22.2. The second-order valence-corrected chi connectivity index (χ2v) is 12.4. The number of sulfonamides is 1. The quantitative estimate of drug-likeness (QED) is 0.549. The molecule has 0 spiro atoms. The Labute approximate surface area is 225 Å². The van der Waals surface area contributed by atoms with Crippen LogP contribution in [-0.2, 0) is 14.8 Å². The van der Waals surface area contributed by atoms with Crippen molar-refractivity contribution in [3.05, 3.63) is 53.8 Å². The Morgan fingerprint density at radius 2 is 1.82 bits per heavy atom. The lowest BCUT2D eigenvalue weighted by atomic mass is 10.0. The zero-order valence-corrected chi connectivity index (χ0v) is 23.7. The van der Waals surface area contributed by atoms with Gasteiger partial charge in [0.15, 0.2) is 0 Å². The molecule has 0 saturated heterocycles. The zero-order valence-electron chi connectivity index (χ0n) is 22.9. The maximum atomic E-state index is 13.8. The highest BCUT2D eigenvalue weighted by Crippen LogP contribution is 2.28. The third-order valence-corrected chi connectivity index (χ3v) is 8.70. The molecule has 210 valence electrons. The number of carbonyl (C=O) groups is 1. The molecule has 0 saturated carbocycles. The number of rotatable bonds is 5. The summed E-state index contributed by atoms with van der Waals surface area (Å²) in [4.78, 5) is 15.5. The lowest BCUT2D eigenvalue weighted by Crippen LogP contribution is -2.46. The summed E-state index contributed by atoms with van der Waals surface area (Å²) in [5.41, 5.74) is 6.91. The summed E-state index contributed by atoms with van der Waals surface area (Å²) in [7, 11) is -2.37. The number of carbonyl (C=O) groups excluding carboxylic acids is 1. The van der Waals surface area contributed by atoms with E-state index in [2.05, 4.69) is 0 Å². The number of nitrogens with two attached hydrogens (primary N) is 1. The Morgan fingerprint density at radius 3 is 2.47 bits per heavy atom. The van der Waals surface area contributed by atoms with Crippen LogP contribution in [0.25, 0.3) is 0 Å². The van der Waals surface area contributed by atoms with Crippen LogP contribution in [-0.4, -0.2) is 68.5 Å². The molecule has 8 nitrogen and oxygen atoms in total. The average Bonchev–Trinajstić information content (AvgIpc) is 2.86. The fraction of sp³-hybridized carbons (Fsp3) is 0.536.